The molecule has 0 amide bonds. The Morgan fingerprint density at radius 1 is 1.33 bits per heavy atom. The van der Waals surface area contributed by atoms with Gasteiger partial charge in [0.25, 0.3) is 11.4 Å². The first-order chi connectivity index (χ1) is 14.1. The number of ether oxygens (including phenoxy) is 1. The van der Waals surface area contributed by atoms with Crippen molar-refractivity contribution in [1.29, 1.82) is 0 Å². The predicted molar refractivity (Wildman–Crippen MR) is 92.7 cm³/mol. The number of aromatic nitrogens is 2. The smallest absolute Gasteiger partial charge is 0.404 e. The summed E-state index contributed by atoms with van der Waals surface area (Å²) < 4.78 is 61.5. The van der Waals surface area contributed by atoms with Gasteiger partial charge < -0.3 is 19.5 Å². The second kappa shape index (κ2) is 7.38. The van der Waals surface area contributed by atoms with Crippen LogP contribution in [0.3, 0.4) is 0 Å². The molecule has 1 saturated heterocycles. The normalized spacial score (nSPS) is 33.1. The fraction of sp³-hybridized carbons (Fsp3) is 0.375. The lowest BCUT2D eigenvalue weighted by molar-refractivity contribution is -0.205. The second-order valence-electron chi connectivity index (χ2n) is 6.58. The molecule has 2 aliphatic rings. The highest BCUT2D eigenvalue weighted by Crippen LogP contribution is 2.55. The first-order valence-electron chi connectivity index (χ1n) is 8.52. The standard InChI is InChI=1S/C16H15F2N2O9P/c17-9-1-2-10-8(5-9)6-26-30(25,29-10)27-7-16(18)13(23)12(22)14(28-16)20-4-3-11(21)19-15(20)24/h1-5,12-14,22-23H,6-7H2,(H,19,21,24)/t12-,13+,14-,16-,30?/m1/s1. The molecular weight excluding hydrogens is 433 g/mol. The monoisotopic (exact) mass is 448 g/mol. The molecule has 0 bridgehead atoms. The van der Waals surface area contributed by atoms with Crippen LogP contribution in [0, 0.1) is 5.82 Å². The van der Waals surface area contributed by atoms with Crippen LogP contribution in [0.25, 0.3) is 0 Å². The maximum absolute atomic E-state index is 15.2. The number of alkyl halides is 1. The van der Waals surface area contributed by atoms with Gasteiger partial charge in [0, 0.05) is 17.8 Å². The first kappa shape index (κ1) is 20.8. The third-order valence-corrected chi connectivity index (χ3v) is 5.84. The molecule has 0 saturated carbocycles. The number of hydrogen-bond donors (Lipinski definition) is 3. The summed E-state index contributed by atoms with van der Waals surface area (Å²) in [4.78, 5) is 24.9. The van der Waals surface area contributed by atoms with Gasteiger partial charge in [-0.05, 0) is 18.2 Å². The van der Waals surface area contributed by atoms with Crippen molar-refractivity contribution in [2.24, 2.45) is 0 Å². The molecule has 0 radical (unpaired) electrons. The third kappa shape index (κ3) is 3.71. The van der Waals surface area contributed by atoms with Gasteiger partial charge in [0.05, 0.1) is 6.61 Å². The van der Waals surface area contributed by atoms with Crippen LogP contribution in [0.4, 0.5) is 8.78 Å². The summed E-state index contributed by atoms with van der Waals surface area (Å²) >= 11 is 0. The Labute approximate surface area is 166 Å². The summed E-state index contributed by atoms with van der Waals surface area (Å²) in [5.41, 5.74) is -1.49. The number of benzene rings is 1. The van der Waals surface area contributed by atoms with Crippen molar-refractivity contribution in [2.75, 3.05) is 6.61 Å². The van der Waals surface area contributed by atoms with Gasteiger partial charge in [-0.25, -0.2) is 18.1 Å². The predicted octanol–water partition coefficient (Wildman–Crippen LogP) is 0.326. The molecule has 2 aromatic rings. The Kier molecular flexibility index (Phi) is 5.12. The molecule has 3 N–H and O–H groups in total. The van der Waals surface area contributed by atoms with Crippen molar-refractivity contribution in [1.82, 2.24) is 9.55 Å². The highest BCUT2D eigenvalue weighted by Gasteiger charge is 2.57. The van der Waals surface area contributed by atoms with E-state index in [1.54, 1.807) is 0 Å². The molecule has 1 fully saturated rings. The topological polar surface area (TPSA) is 149 Å². The molecule has 3 heterocycles. The molecule has 1 unspecified atom stereocenters. The number of hydrogen-bond acceptors (Lipinski definition) is 9. The van der Waals surface area contributed by atoms with Gasteiger partial charge in [0.15, 0.2) is 6.23 Å². The van der Waals surface area contributed by atoms with Crippen LogP contribution >= 0.6 is 7.82 Å². The zero-order valence-corrected chi connectivity index (χ0v) is 15.8. The first-order valence-corrected chi connectivity index (χ1v) is 9.98. The Balaban J connectivity index is 1.50. The fourth-order valence-electron chi connectivity index (χ4n) is 3.00. The van der Waals surface area contributed by atoms with E-state index in [-0.39, 0.29) is 17.9 Å². The molecule has 0 aliphatic carbocycles. The minimum atomic E-state index is -4.36. The van der Waals surface area contributed by atoms with Gasteiger partial charge in [-0.15, -0.1) is 0 Å². The lowest BCUT2D eigenvalue weighted by Crippen LogP contribution is -2.43. The number of halogens is 2. The van der Waals surface area contributed by atoms with Gasteiger partial charge in [-0.3, -0.25) is 23.4 Å². The number of aliphatic hydroxyl groups excluding tert-OH is 2. The number of fused-ring (bicyclic) bond motifs is 1. The number of aliphatic hydroxyl groups is 2. The highest BCUT2D eigenvalue weighted by molar-refractivity contribution is 7.49. The van der Waals surface area contributed by atoms with E-state index in [9.17, 15) is 28.8 Å². The Morgan fingerprint density at radius 2 is 2.10 bits per heavy atom. The summed E-state index contributed by atoms with van der Waals surface area (Å²) in [5.74, 6) is -3.67. The van der Waals surface area contributed by atoms with Gasteiger partial charge in [0.2, 0.25) is 0 Å². The number of rotatable bonds is 4. The van der Waals surface area contributed by atoms with Crippen LogP contribution in [0.2, 0.25) is 0 Å². The van der Waals surface area contributed by atoms with Crippen LogP contribution in [0.1, 0.15) is 11.8 Å². The Morgan fingerprint density at radius 3 is 2.83 bits per heavy atom. The lowest BCUT2D eigenvalue weighted by Gasteiger charge is -2.28. The number of phosphoric ester groups is 1. The van der Waals surface area contributed by atoms with Crippen LogP contribution < -0.4 is 15.8 Å². The van der Waals surface area contributed by atoms with E-state index < -0.39 is 55.8 Å². The minimum Gasteiger partial charge on any atom is -0.404 e. The fourth-order valence-corrected chi connectivity index (χ4v) is 4.23. The van der Waals surface area contributed by atoms with Crippen molar-refractivity contribution in [3.8, 4) is 5.75 Å². The van der Waals surface area contributed by atoms with E-state index in [4.69, 9.17) is 18.3 Å². The van der Waals surface area contributed by atoms with Crippen LogP contribution in [-0.4, -0.2) is 44.4 Å². The number of nitrogens with zero attached hydrogens (tertiary/aromatic N) is 1. The zero-order valence-electron chi connectivity index (χ0n) is 14.9. The largest absolute Gasteiger partial charge is 0.530 e. The van der Waals surface area contributed by atoms with Crippen molar-refractivity contribution in [3.63, 3.8) is 0 Å². The average Bonchev–Trinajstić information content (AvgIpc) is 2.92. The molecule has 2 aliphatic heterocycles. The zero-order chi connectivity index (χ0) is 21.7. The molecule has 11 nitrogen and oxygen atoms in total. The van der Waals surface area contributed by atoms with Gasteiger partial charge >= 0.3 is 13.5 Å². The van der Waals surface area contributed by atoms with E-state index in [0.717, 1.165) is 24.4 Å². The summed E-state index contributed by atoms with van der Waals surface area (Å²) in [6.07, 6.45) is -4.91. The maximum Gasteiger partial charge on any atom is 0.530 e. The van der Waals surface area contributed by atoms with Gasteiger partial charge in [0.1, 0.15) is 30.4 Å². The quantitative estimate of drug-likeness (QED) is 0.563. The third-order valence-electron chi connectivity index (χ3n) is 4.53. The van der Waals surface area contributed by atoms with E-state index >= 15 is 4.39 Å². The highest BCUT2D eigenvalue weighted by atomic mass is 31.2. The molecule has 5 atom stereocenters. The molecule has 1 aromatic heterocycles. The van der Waals surface area contributed by atoms with Gasteiger partial charge in [-0.1, -0.05) is 0 Å². The number of H-pyrrole nitrogens is 1. The van der Waals surface area contributed by atoms with Crippen molar-refractivity contribution in [2.45, 2.75) is 30.9 Å². The lowest BCUT2D eigenvalue weighted by atomic mass is 10.1. The molecule has 0 spiro atoms. The average molecular weight is 448 g/mol. The molecular formula is C16H15F2N2O9P. The van der Waals surface area contributed by atoms with Gasteiger partial charge in [-0.2, -0.15) is 0 Å². The van der Waals surface area contributed by atoms with E-state index in [1.807, 2.05) is 4.98 Å². The molecule has 30 heavy (non-hydrogen) atoms. The summed E-state index contributed by atoms with van der Waals surface area (Å²) in [7, 11) is -4.36. The van der Waals surface area contributed by atoms with Crippen LogP contribution in [0.5, 0.6) is 5.75 Å². The number of nitrogens with one attached hydrogen (secondary N) is 1. The van der Waals surface area contributed by atoms with E-state index in [2.05, 4.69) is 0 Å². The molecule has 14 heteroatoms. The van der Waals surface area contributed by atoms with Crippen molar-refractivity contribution < 1.29 is 41.9 Å². The molecule has 1 aromatic carbocycles. The maximum atomic E-state index is 15.2. The van der Waals surface area contributed by atoms with Crippen molar-refractivity contribution >= 4 is 7.82 Å². The summed E-state index contributed by atoms with van der Waals surface area (Å²) in [6.45, 7) is -1.54. The second-order valence-corrected chi connectivity index (χ2v) is 8.18. The SMILES string of the molecule is O=c1ccn([C@@H]2O[C@](F)(COP3(=O)OCc4cc(F)ccc4O3)[C@@H](O)[C@H]2O)c(=O)[nH]1. The van der Waals surface area contributed by atoms with Crippen molar-refractivity contribution in [3.05, 3.63) is 62.7 Å². The Hall–Kier alpha value is -2.41. The number of phosphoric acid groups is 1. The van der Waals surface area contributed by atoms with E-state index in [0.29, 0.717) is 4.57 Å². The van der Waals surface area contributed by atoms with E-state index in [1.165, 1.54) is 6.07 Å². The minimum absolute atomic E-state index is 0.00415. The van der Waals surface area contributed by atoms with Crippen LogP contribution in [0.15, 0.2) is 40.1 Å². The van der Waals surface area contributed by atoms with Crippen LogP contribution in [-0.2, 0) is 25.0 Å². The molecule has 4 rings (SSSR count). The Bertz CT molecular complexity index is 1140. The summed E-state index contributed by atoms with van der Waals surface area (Å²) in [5, 5.41) is 20.2. The molecule has 162 valence electrons. The number of aromatic amines is 1. The summed E-state index contributed by atoms with van der Waals surface area (Å²) in [6, 6.07) is 4.28.